The summed E-state index contributed by atoms with van der Waals surface area (Å²) in [5.41, 5.74) is 0.161. The molecule has 9 nitrogen and oxygen atoms in total. The number of carbonyl (C=O) groups is 4. The first-order valence-electron chi connectivity index (χ1n) is 11.3. The van der Waals surface area contributed by atoms with Gasteiger partial charge in [-0.1, -0.05) is 37.3 Å². The van der Waals surface area contributed by atoms with Crippen LogP contribution in [0.2, 0.25) is 0 Å². The number of rotatable bonds is 6. The summed E-state index contributed by atoms with van der Waals surface area (Å²) in [6.45, 7) is 3.50. The van der Waals surface area contributed by atoms with Gasteiger partial charge in [0.2, 0.25) is 0 Å². The van der Waals surface area contributed by atoms with Gasteiger partial charge in [-0.3, -0.25) is 29.3 Å². The van der Waals surface area contributed by atoms with Gasteiger partial charge < -0.3 is 0 Å². The van der Waals surface area contributed by atoms with Crippen LogP contribution in [0, 0.1) is 27.9 Å². The molecule has 0 unspecified atom stereocenters. The monoisotopic (exact) mass is 463 g/mol. The maximum absolute atomic E-state index is 13.6. The second-order valence-electron chi connectivity index (χ2n) is 8.98. The van der Waals surface area contributed by atoms with E-state index in [0.717, 1.165) is 16.4 Å². The van der Waals surface area contributed by atoms with Crippen LogP contribution < -0.4 is 0 Å². The van der Waals surface area contributed by atoms with Crippen molar-refractivity contribution in [3.05, 3.63) is 75.8 Å². The molecule has 0 aromatic heterocycles. The van der Waals surface area contributed by atoms with Gasteiger partial charge in [-0.15, -0.1) is 0 Å². The van der Waals surface area contributed by atoms with Crippen molar-refractivity contribution in [2.75, 3.05) is 0 Å². The fourth-order valence-corrected chi connectivity index (χ4v) is 4.84. The predicted octanol–water partition coefficient (Wildman–Crippen LogP) is 3.64. The van der Waals surface area contributed by atoms with Crippen molar-refractivity contribution in [3.8, 4) is 0 Å². The summed E-state index contributed by atoms with van der Waals surface area (Å²) in [7, 11) is 0. The summed E-state index contributed by atoms with van der Waals surface area (Å²) < 4.78 is 0. The highest BCUT2D eigenvalue weighted by Gasteiger charge is 2.54. The highest BCUT2D eigenvalue weighted by molar-refractivity contribution is 6.10. The van der Waals surface area contributed by atoms with E-state index >= 15 is 0 Å². The van der Waals surface area contributed by atoms with Gasteiger partial charge in [0, 0.05) is 23.3 Å². The number of hydrogen-bond donors (Lipinski definition) is 0. The van der Waals surface area contributed by atoms with Crippen molar-refractivity contribution in [2.24, 2.45) is 17.8 Å². The molecule has 4 rings (SSSR count). The maximum Gasteiger partial charge on any atom is 0.273 e. The number of nitro benzene ring substituents is 1. The number of Topliss-reactive ketones (excluding diaryl/α,β-unsaturated/α-hetero) is 1. The van der Waals surface area contributed by atoms with Crippen LogP contribution in [0.5, 0.6) is 0 Å². The zero-order valence-electron chi connectivity index (χ0n) is 18.9. The fraction of sp³-hybridized carbons (Fsp3) is 0.360. The molecule has 176 valence electrons. The van der Waals surface area contributed by atoms with Crippen molar-refractivity contribution >= 4 is 29.2 Å². The highest BCUT2D eigenvalue weighted by atomic mass is 16.6. The normalized spacial score (nSPS) is 22.8. The van der Waals surface area contributed by atoms with Crippen LogP contribution in [0.15, 0.2) is 54.6 Å². The van der Waals surface area contributed by atoms with E-state index in [4.69, 9.17) is 0 Å². The Labute approximate surface area is 196 Å². The molecule has 9 heteroatoms. The van der Waals surface area contributed by atoms with E-state index in [1.165, 1.54) is 31.2 Å². The highest BCUT2D eigenvalue weighted by Crippen LogP contribution is 2.41. The van der Waals surface area contributed by atoms with Gasteiger partial charge in [0.15, 0.2) is 5.78 Å². The van der Waals surface area contributed by atoms with Gasteiger partial charge in [0.25, 0.3) is 23.4 Å². The summed E-state index contributed by atoms with van der Waals surface area (Å²) >= 11 is 0. The lowest BCUT2D eigenvalue weighted by molar-refractivity contribution is -0.384. The Kier molecular flexibility index (Phi) is 6.28. The Bertz CT molecular complexity index is 1150. The number of benzene rings is 2. The number of amides is 3. The van der Waals surface area contributed by atoms with Crippen molar-refractivity contribution in [1.82, 2.24) is 10.0 Å². The van der Waals surface area contributed by atoms with Crippen LogP contribution in [0.4, 0.5) is 5.69 Å². The lowest BCUT2D eigenvalue weighted by atomic mass is 9.76. The number of nitro groups is 1. The Hall–Kier alpha value is -3.88. The minimum atomic E-state index is -1.16. The number of non-ortho nitro benzene ring substituents is 1. The van der Waals surface area contributed by atoms with Crippen LogP contribution in [-0.2, 0) is 9.59 Å². The predicted molar refractivity (Wildman–Crippen MR) is 121 cm³/mol. The van der Waals surface area contributed by atoms with Gasteiger partial charge in [-0.2, -0.15) is 5.01 Å². The van der Waals surface area contributed by atoms with E-state index in [0.29, 0.717) is 18.4 Å². The van der Waals surface area contributed by atoms with E-state index in [1.54, 1.807) is 30.3 Å². The molecule has 1 saturated heterocycles. The molecule has 2 aliphatic rings. The number of nitrogens with zero attached hydrogens (tertiary/aromatic N) is 3. The summed E-state index contributed by atoms with van der Waals surface area (Å²) in [6.07, 6.45) is 1.91. The number of fused-ring (bicyclic) bond motifs is 1. The van der Waals surface area contributed by atoms with Gasteiger partial charge >= 0.3 is 0 Å². The third-order valence-corrected chi connectivity index (χ3v) is 6.72. The average molecular weight is 463 g/mol. The minimum absolute atomic E-state index is 0.0298. The van der Waals surface area contributed by atoms with E-state index in [2.05, 4.69) is 0 Å². The molecular formula is C25H25N3O6. The first-order chi connectivity index (χ1) is 16.2. The van der Waals surface area contributed by atoms with E-state index in [-0.39, 0.29) is 17.2 Å². The number of imide groups is 1. The summed E-state index contributed by atoms with van der Waals surface area (Å²) in [5, 5.41) is 12.8. The fourth-order valence-electron chi connectivity index (χ4n) is 4.84. The third-order valence-electron chi connectivity index (χ3n) is 6.72. The average Bonchev–Trinajstić information content (AvgIpc) is 3.08. The maximum atomic E-state index is 13.6. The van der Waals surface area contributed by atoms with E-state index in [9.17, 15) is 29.3 Å². The molecule has 1 saturated carbocycles. The first-order valence-corrected chi connectivity index (χ1v) is 11.3. The quantitative estimate of drug-likeness (QED) is 0.279. The largest absolute Gasteiger partial charge is 0.292 e. The van der Waals surface area contributed by atoms with Gasteiger partial charge in [-0.05, 0) is 44.2 Å². The van der Waals surface area contributed by atoms with E-state index in [1.807, 2.05) is 6.92 Å². The molecule has 2 aromatic carbocycles. The van der Waals surface area contributed by atoms with Crippen LogP contribution in [0.1, 0.15) is 53.8 Å². The van der Waals surface area contributed by atoms with Crippen molar-refractivity contribution in [3.63, 3.8) is 0 Å². The standard InChI is InChI=1S/C25H25N3O6/c1-15-8-13-20-21(14-15)25(32)27(24(20)31)26(16(2)22(29)17-6-4-3-5-7-17)23(30)18-9-11-19(12-10-18)28(33)34/h3-7,9-12,15-16,20-21H,8,13-14H2,1-2H3/t15-,16+,20+,21-/m1/s1. The molecule has 0 N–H and O–H groups in total. The summed E-state index contributed by atoms with van der Waals surface area (Å²) in [6, 6.07) is 12.0. The summed E-state index contributed by atoms with van der Waals surface area (Å²) in [4.78, 5) is 64.0. The van der Waals surface area contributed by atoms with E-state index < -0.39 is 46.3 Å². The number of carbonyl (C=O) groups excluding carboxylic acids is 4. The van der Waals surface area contributed by atoms with Gasteiger partial charge in [0.1, 0.15) is 6.04 Å². The molecule has 1 aliphatic heterocycles. The molecule has 0 bridgehead atoms. The molecular weight excluding hydrogens is 438 g/mol. The molecule has 0 spiro atoms. The Morgan fingerprint density at radius 3 is 2.21 bits per heavy atom. The van der Waals surface area contributed by atoms with Crippen LogP contribution >= 0.6 is 0 Å². The first kappa shape index (κ1) is 23.3. The molecule has 2 aromatic rings. The molecule has 3 amide bonds. The Morgan fingerprint density at radius 2 is 1.59 bits per heavy atom. The van der Waals surface area contributed by atoms with Crippen molar-refractivity contribution in [1.29, 1.82) is 0 Å². The van der Waals surface area contributed by atoms with Crippen LogP contribution in [0.25, 0.3) is 0 Å². The minimum Gasteiger partial charge on any atom is -0.292 e. The second-order valence-corrected chi connectivity index (χ2v) is 8.98. The topological polar surface area (TPSA) is 118 Å². The molecule has 1 aliphatic carbocycles. The van der Waals surface area contributed by atoms with Crippen LogP contribution in [0.3, 0.4) is 0 Å². The molecule has 0 radical (unpaired) electrons. The van der Waals surface area contributed by atoms with Crippen molar-refractivity contribution < 1.29 is 24.1 Å². The third kappa shape index (κ3) is 4.09. The van der Waals surface area contributed by atoms with Crippen LogP contribution in [-0.4, -0.2) is 44.5 Å². The molecule has 4 atom stereocenters. The smallest absolute Gasteiger partial charge is 0.273 e. The molecule has 1 heterocycles. The Balaban J connectivity index is 1.74. The molecule has 2 fully saturated rings. The van der Waals surface area contributed by atoms with Gasteiger partial charge in [0.05, 0.1) is 16.8 Å². The number of hydrogen-bond acceptors (Lipinski definition) is 6. The summed E-state index contributed by atoms with van der Waals surface area (Å²) in [5.74, 6) is -2.91. The zero-order valence-corrected chi connectivity index (χ0v) is 18.9. The molecule has 34 heavy (non-hydrogen) atoms. The zero-order chi connectivity index (χ0) is 24.6. The lowest BCUT2D eigenvalue weighted by Crippen LogP contribution is -2.56. The second kappa shape index (κ2) is 9.17. The van der Waals surface area contributed by atoms with Gasteiger partial charge in [-0.25, -0.2) is 5.01 Å². The number of hydrazine groups is 1. The SMILES string of the molecule is C[C@@H]1CC[C@@H]2C(=O)N(N(C(=O)c3ccc([N+](=O)[O-])cc3)[C@@H](C)C(=O)c3ccccc3)C(=O)[C@@H]2C1. The van der Waals surface area contributed by atoms with Crippen molar-refractivity contribution in [2.45, 2.75) is 39.2 Å². The Morgan fingerprint density at radius 1 is 0.971 bits per heavy atom. The lowest BCUT2D eigenvalue weighted by Gasteiger charge is -2.34. The number of ketones is 1.